The second-order valence-corrected chi connectivity index (χ2v) is 31.3. The summed E-state index contributed by atoms with van der Waals surface area (Å²) in [6.07, 6.45) is 67.7. The molecule has 476 valence electrons. The summed E-state index contributed by atoms with van der Waals surface area (Å²) in [5, 5.41) is 4.85. The van der Waals surface area contributed by atoms with Gasteiger partial charge in [-0.1, -0.05) is 297 Å². The molecule has 0 aliphatic heterocycles. The molecule has 0 aromatic heterocycles. The van der Waals surface area contributed by atoms with Gasteiger partial charge >= 0.3 is 7.75 Å². The number of unbranched alkanes of at least 4 members (excludes halogenated alkanes) is 40. The summed E-state index contributed by atoms with van der Waals surface area (Å²) in [7, 11) is -3.42. The van der Waals surface area contributed by atoms with E-state index in [0.717, 1.165) is 36.2 Å². The van der Waals surface area contributed by atoms with Gasteiger partial charge in [0.1, 0.15) is 0 Å². The lowest BCUT2D eigenvalue weighted by atomic mass is 10.0. The van der Waals surface area contributed by atoms with Crippen LogP contribution in [0.3, 0.4) is 0 Å². The zero-order valence-electron chi connectivity index (χ0n) is 54.0. The first-order valence-electron chi connectivity index (χ1n) is 35.0. The van der Waals surface area contributed by atoms with Crippen molar-refractivity contribution in [3.05, 3.63) is 0 Å². The molecule has 0 saturated heterocycles. The second-order valence-electron chi connectivity index (χ2n) is 25.1. The maximum atomic E-state index is 14.1. The summed E-state index contributed by atoms with van der Waals surface area (Å²) in [6, 6.07) is 0. The molecule has 2 unspecified atom stereocenters. The van der Waals surface area contributed by atoms with Gasteiger partial charge in [-0.25, -0.2) is 9.65 Å². The molecule has 0 rings (SSSR count). The number of nitrogens with zero attached hydrogens (tertiary/aromatic N) is 1. The molecule has 0 aromatic rings. The lowest BCUT2D eigenvalue weighted by molar-refractivity contribution is -0.889. The van der Waals surface area contributed by atoms with Crippen LogP contribution >= 0.6 is 31.3 Å². The molecule has 0 amide bonds. The van der Waals surface area contributed by atoms with Crippen LogP contribution in [0.15, 0.2) is 0 Å². The van der Waals surface area contributed by atoms with E-state index in [4.69, 9.17) is 9.05 Å². The molecule has 0 heterocycles. The van der Waals surface area contributed by atoms with Crippen LogP contribution in [0.1, 0.15) is 355 Å². The van der Waals surface area contributed by atoms with Gasteiger partial charge in [-0.05, 0) is 62.9 Å². The minimum atomic E-state index is -3.99. The summed E-state index contributed by atoms with van der Waals surface area (Å²) in [4.78, 5) is 0. The molecule has 2 N–H and O–H groups in total. The Morgan fingerprint density at radius 1 is 0.392 bits per heavy atom. The monoisotopic (exact) mass is 1200 g/mol. The smallest absolute Gasteiger partial charge is 0.327 e. The lowest BCUT2D eigenvalue weighted by Crippen LogP contribution is -2.45. The Hall–Kier alpha value is 0.680. The van der Waals surface area contributed by atoms with E-state index in [-0.39, 0.29) is 5.75 Å². The third-order valence-electron chi connectivity index (χ3n) is 16.5. The van der Waals surface area contributed by atoms with Crippen molar-refractivity contribution < 1.29 is 31.1 Å². The topological polar surface area (TPSA) is 102 Å². The summed E-state index contributed by atoms with van der Waals surface area (Å²) in [6.45, 7) is 11.7. The first-order chi connectivity index (χ1) is 38.4. The van der Waals surface area contributed by atoms with Crippen molar-refractivity contribution in [3.63, 3.8) is 0 Å². The van der Waals surface area contributed by atoms with Crippen LogP contribution in [-0.4, -0.2) is 92.2 Å². The van der Waals surface area contributed by atoms with Gasteiger partial charge < -0.3 is 4.48 Å². The van der Waals surface area contributed by atoms with Gasteiger partial charge in [0.2, 0.25) is 0 Å². The molecule has 0 aliphatic rings. The highest BCUT2D eigenvalue weighted by atomic mass is 32.2. The molecule has 0 saturated carbocycles. The van der Waals surface area contributed by atoms with Gasteiger partial charge in [0.25, 0.3) is 10.1 Å². The normalized spacial score (nSPS) is 13.9. The maximum absolute atomic E-state index is 14.1. The molecular weight excluding hydrogens is 1060 g/mol. The number of hydrogen-bond acceptors (Lipinski definition) is 7. The number of hydrogen-bond donors (Lipinski definition) is 2. The highest BCUT2D eigenvalue weighted by Crippen LogP contribution is 2.44. The van der Waals surface area contributed by atoms with Crippen LogP contribution in [-0.2, 0) is 23.7 Å². The number of thioether (sulfide) groups is 2. The van der Waals surface area contributed by atoms with Crippen molar-refractivity contribution in [1.29, 1.82) is 0 Å². The van der Waals surface area contributed by atoms with Gasteiger partial charge in [-0.2, -0.15) is 31.9 Å². The molecule has 0 aliphatic carbocycles. The predicted molar refractivity (Wildman–Crippen MR) is 356 cm³/mol. The first-order valence-corrected chi connectivity index (χ1v) is 40.3. The molecule has 0 radical (unpaired) electrons. The summed E-state index contributed by atoms with van der Waals surface area (Å²) >= 11 is 4.59. The number of rotatable bonds is 68. The Kier molecular flexibility index (Phi) is 60.9. The van der Waals surface area contributed by atoms with E-state index < -0.39 is 17.9 Å². The van der Waals surface area contributed by atoms with Crippen LogP contribution in [0.4, 0.5) is 0 Å². The summed E-state index contributed by atoms with van der Waals surface area (Å²) < 4.78 is 58.6. The van der Waals surface area contributed by atoms with E-state index in [2.05, 4.69) is 56.3 Å². The van der Waals surface area contributed by atoms with Crippen molar-refractivity contribution >= 4 is 41.4 Å². The van der Waals surface area contributed by atoms with Crippen LogP contribution in [0, 0.1) is 0 Å². The third-order valence-corrected chi connectivity index (χ3v) is 21.9. The zero-order valence-corrected chi connectivity index (χ0v) is 57.3. The van der Waals surface area contributed by atoms with E-state index in [1.165, 1.54) is 307 Å². The second kappa shape index (κ2) is 60.4. The van der Waals surface area contributed by atoms with Crippen molar-refractivity contribution in [2.24, 2.45) is 0 Å². The fourth-order valence-corrected chi connectivity index (χ4v) is 15.7. The third kappa shape index (κ3) is 61.6. The molecule has 12 heteroatoms. The quantitative estimate of drug-likeness (QED) is 0.0267. The highest BCUT2D eigenvalue weighted by molar-refractivity contribution is 8.00. The molecule has 2 atom stereocenters. The van der Waals surface area contributed by atoms with Gasteiger partial charge in [0.15, 0.2) is 0 Å². The standard InChI is InChI=1S/C67H139N2O6PS3/c1-7-11-15-19-23-25-27-35-43-51-63-77-66(54-45-37-21-17-13-9-3)56-47-39-31-29-33-41-49-61-74-76(70,68-58-60-69(5,6)59-53-65-79(71,72)73)75-62-50-42-34-30-32-40-48-57-67(55-46-38-22-18-14-10-4)78-64-52-44-36-28-26-24-20-16-12-8-2/h66-67H,7-65H2,1-6H3,(H-,68,70,71,72,73)/p+1. The van der Waals surface area contributed by atoms with Crippen molar-refractivity contribution in [1.82, 2.24) is 5.09 Å². The molecular formula is C67H140N2O6PS3+. The average Bonchev–Trinajstić information content (AvgIpc) is 3.41. The Labute approximate surface area is 504 Å². The maximum Gasteiger partial charge on any atom is 0.405 e. The Morgan fingerprint density at radius 2 is 0.658 bits per heavy atom. The molecule has 0 fully saturated rings. The number of likely N-dealkylation sites (N-methyl/N-ethyl adjacent to an activating group) is 1. The molecule has 79 heavy (non-hydrogen) atoms. The van der Waals surface area contributed by atoms with Crippen molar-refractivity contribution in [2.45, 2.75) is 366 Å². The Balaban J connectivity index is 4.76. The van der Waals surface area contributed by atoms with Crippen LogP contribution in [0.2, 0.25) is 0 Å². The summed E-state index contributed by atoms with van der Waals surface area (Å²) in [5.74, 6) is 2.45. The van der Waals surface area contributed by atoms with Gasteiger partial charge in [-0.3, -0.25) is 13.6 Å². The van der Waals surface area contributed by atoms with Crippen molar-refractivity contribution in [3.8, 4) is 0 Å². The molecule has 8 nitrogen and oxygen atoms in total. The predicted octanol–water partition coefficient (Wildman–Crippen LogP) is 22.9. The lowest BCUT2D eigenvalue weighted by Gasteiger charge is -2.30. The van der Waals surface area contributed by atoms with Crippen LogP contribution in [0.5, 0.6) is 0 Å². The van der Waals surface area contributed by atoms with Crippen molar-refractivity contribution in [2.75, 3.05) is 64.2 Å². The van der Waals surface area contributed by atoms with Crippen LogP contribution in [0.25, 0.3) is 0 Å². The largest absolute Gasteiger partial charge is 0.405 e. The Morgan fingerprint density at radius 3 is 0.949 bits per heavy atom. The van der Waals surface area contributed by atoms with Gasteiger partial charge in [0.05, 0.1) is 52.7 Å². The fourth-order valence-electron chi connectivity index (χ4n) is 11.1. The van der Waals surface area contributed by atoms with Gasteiger partial charge in [-0.15, -0.1) is 0 Å². The van der Waals surface area contributed by atoms with Gasteiger partial charge in [0, 0.05) is 16.9 Å². The number of nitrogens with one attached hydrogen (secondary N) is 1. The summed E-state index contributed by atoms with van der Waals surface area (Å²) in [5.41, 5.74) is 0. The average molecular weight is 1200 g/mol. The SMILES string of the molecule is CCCCCCCCCCCCSC(CCCCCCCC)CCCCCCCCCOP(=O)(NCC[N+](C)(C)CCCS(=O)(=O)O)OCCCCCCCCCC(CCCCCCCC)SCCCCCCCCCCCC. The Bertz CT molecular complexity index is 1310. The zero-order chi connectivity index (χ0) is 57.9. The fraction of sp³-hybridized carbons (Fsp3) is 1.00. The minimum absolute atomic E-state index is 0.246. The van der Waals surface area contributed by atoms with E-state index >= 15 is 0 Å². The first kappa shape index (κ1) is 79.7. The molecule has 0 aromatic carbocycles. The number of quaternary nitrogens is 1. The minimum Gasteiger partial charge on any atom is -0.327 e. The molecule has 0 spiro atoms. The van der Waals surface area contributed by atoms with E-state index in [1.807, 2.05) is 14.1 Å². The molecule has 0 bridgehead atoms. The van der Waals surface area contributed by atoms with E-state index in [1.54, 1.807) is 0 Å². The van der Waals surface area contributed by atoms with E-state index in [9.17, 15) is 17.5 Å². The van der Waals surface area contributed by atoms with Crippen LogP contribution < -0.4 is 5.09 Å². The van der Waals surface area contributed by atoms with E-state index in [0.29, 0.717) is 43.8 Å². The highest BCUT2D eigenvalue weighted by Gasteiger charge is 2.26.